The normalized spacial score (nSPS) is 13.6. The van der Waals surface area contributed by atoms with Crippen molar-refractivity contribution in [3.8, 4) is 0 Å². The maximum atomic E-state index is 14.0. The first kappa shape index (κ1) is 16.4. The Morgan fingerprint density at radius 3 is 2.58 bits per heavy atom. The lowest BCUT2D eigenvalue weighted by atomic mass is 10.1. The zero-order chi connectivity index (χ0) is 14.5. The van der Waals surface area contributed by atoms with Gasteiger partial charge in [-0.25, -0.2) is 4.39 Å². The molecule has 0 aliphatic heterocycles. The van der Waals surface area contributed by atoms with Crippen molar-refractivity contribution in [1.82, 2.24) is 5.32 Å². The number of halogens is 2. The van der Waals surface area contributed by atoms with Crippen molar-refractivity contribution in [1.29, 1.82) is 0 Å². The van der Waals surface area contributed by atoms with E-state index in [1.807, 2.05) is 20.8 Å². The van der Waals surface area contributed by atoms with Crippen LogP contribution in [0.5, 0.6) is 0 Å². The standard InChI is InChI=1S/C15H23ClFNO/c1-5-8-18-14(10-19-15(2,3)4)12-7-6-11(16)9-13(12)17/h6-7,9,14,18H,5,8,10H2,1-4H3. The number of rotatable bonds is 6. The molecule has 0 radical (unpaired) electrons. The first-order chi connectivity index (χ1) is 8.83. The summed E-state index contributed by atoms with van der Waals surface area (Å²) in [5.74, 6) is -0.293. The molecule has 1 rings (SSSR count). The quantitative estimate of drug-likeness (QED) is 0.840. The predicted octanol–water partition coefficient (Wildman–Crippen LogP) is 4.33. The van der Waals surface area contributed by atoms with Crippen LogP contribution in [0.25, 0.3) is 0 Å². The summed E-state index contributed by atoms with van der Waals surface area (Å²) in [4.78, 5) is 0. The lowest BCUT2D eigenvalue weighted by Crippen LogP contribution is -2.31. The monoisotopic (exact) mass is 287 g/mol. The van der Waals surface area contributed by atoms with Gasteiger partial charge in [0, 0.05) is 10.6 Å². The maximum Gasteiger partial charge on any atom is 0.129 e. The molecule has 0 aliphatic carbocycles. The van der Waals surface area contributed by atoms with Crippen LogP contribution in [0.1, 0.15) is 45.7 Å². The Hall–Kier alpha value is -0.640. The third kappa shape index (κ3) is 5.89. The van der Waals surface area contributed by atoms with Gasteiger partial charge >= 0.3 is 0 Å². The lowest BCUT2D eigenvalue weighted by molar-refractivity contribution is -0.0151. The molecule has 2 nitrogen and oxygen atoms in total. The molecule has 0 amide bonds. The molecular weight excluding hydrogens is 265 g/mol. The Kier molecular flexibility index (Phi) is 6.24. The first-order valence-electron chi connectivity index (χ1n) is 6.66. The summed E-state index contributed by atoms with van der Waals surface area (Å²) < 4.78 is 19.7. The molecule has 1 aromatic carbocycles. The van der Waals surface area contributed by atoms with Gasteiger partial charge in [-0.3, -0.25) is 0 Å². The van der Waals surface area contributed by atoms with E-state index < -0.39 is 0 Å². The van der Waals surface area contributed by atoms with Gasteiger partial charge in [0.1, 0.15) is 5.82 Å². The highest BCUT2D eigenvalue weighted by Crippen LogP contribution is 2.22. The van der Waals surface area contributed by atoms with Gasteiger partial charge in [0.05, 0.1) is 18.2 Å². The van der Waals surface area contributed by atoms with Crippen molar-refractivity contribution in [2.75, 3.05) is 13.2 Å². The Balaban J connectivity index is 2.83. The van der Waals surface area contributed by atoms with Gasteiger partial charge in [0.25, 0.3) is 0 Å². The molecule has 0 heterocycles. The molecule has 1 aromatic rings. The molecule has 0 fully saturated rings. The molecular formula is C15H23ClFNO. The van der Waals surface area contributed by atoms with Crippen molar-refractivity contribution in [2.45, 2.75) is 45.8 Å². The minimum Gasteiger partial charge on any atom is -0.374 e. The SMILES string of the molecule is CCCNC(COC(C)(C)C)c1ccc(Cl)cc1F. The average molecular weight is 288 g/mol. The zero-order valence-corrected chi connectivity index (χ0v) is 12.9. The second kappa shape index (κ2) is 7.22. The highest BCUT2D eigenvalue weighted by Gasteiger charge is 2.19. The predicted molar refractivity (Wildman–Crippen MR) is 78.1 cm³/mol. The van der Waals surface area contributed by atoms with Crippen molar-refractivity contribution in [2.24, 2.45) is 0 Å². The Morgan fingerprint density at radius 1 is 1.37 bits per heavy atom. The molecule has 0 spiro atoms. The molecule has 1 N–H and O–H groups in total. The number of hydrogen-bond donors (Lipinski definition) is 1. The topological polar surface area (TPSA) is 21.3 Å². The van der Waals surface area contributed by atoms with E-state index in [2.05, 4.69) is 12.2 Å². The van der Waals surface area contributed by atoms with Gasteiger partial charge in [-0.05, 0) is 45.9 Å². The Bertz CT molecular complexity index is 404. The average Bonchev–Trinajstić information content (AvgIpc) is 2.29. The van der Waals surface area contributed by atoms with E-state index in [4.69, 9.17) is 16.3 Å². The fourth-order valence-corrected chi connectivity index (χ4v) is 1.85. The molecule has 0 saturated carbocycles. The third-order valence-corrected chi connectivity index (χ3v) is 2.90. The van der Waals surface area contributed by atoms with Crippen LogP contribution < -0.4 is 5.32 Å². The number of benzene rings is 1. The van der Waals surface area contributed by atoms with E-state index >= 15 is 0 Å². The highest BCUT2D eigenvalue weighted by atomic mass is 35.5. The van der Waals surface area contributed by atoms with Crippen LogP contribution in [0.2, 0.25) is 5.02 Å². The largest absolute Gasteiger partial charge is 0.374 e. The van der Waals surface area contributed by atoms with E-state index in [1.165, 1.54) is 6.07 Å². The van der Waals surface area contributed by atoms with E-state index in [0.717, 1.165) is 13.0 Å². The molecule has 0 bridgehead atoms. The zero-order valence-electron chi connectivity index (χ0n) is 12.1. The first-order valence-corrected chi connectivity index (χ1v) is 7.03. The second-order valence-corrected chi connectivity index (χ2v) is 6.03. The number of hydrogen-bond acceptors (Lipinski definition) is 2. The minimum atomic E-state index is -0.293. The second-order valence-electron chi connectivity index (χ2n) is 5.60. The van der Waals surface area contributed by atoms with E-state index in [-0.39, 0.29) is 17.5 Å². The summed E-state index contributed by atoms with van der Waals surface area (Å²) in [6.45, 7) is 9.29. The van der Waals surface area contributed by atoms with Crippen LogP contribution >= 0.6 is 11.6 Å². The molecule has 0 aliphatic rings. The fourth-order valence-electron chi connectivity index (χ4n) is 1.69. The summed E-state index contributed by atoms with van der Waals surface area (Å²) in [5.41, 5.74) is 0.358. The van der Waals surface area contributed by atoms with Gasteiger partial charge in [-0.2, -0.15) is 0 Å². The van der Waals surface area contributed by atoms with Crippen LogP contribution in [0.4, 0.5) is 4.39 Å². The molecule has 1 unspecified atom stereocenters. The van der Waals surface area contributed by atoms with Crippen molar-refractivity contribution in [3.63, 3.8) is 0 Å². The van der Waals surface area contributed by atoms with Crippen LogP contribution in [-0.4, -0.2) is 18.8 Å². The number of ether oxygens (including phenoxy) is 1. The summed E-state index contributed by atoms with van der Waals surface area (Å²) >= 11 is 5.78. The van der Waals surface area contributed by atoms with E-state index in [0.29, 0.717) is 17.2 Å². The molecule has 0 aromatic heterocycles. The molecule has 19 heavy (non-hydrogen) atoms. The smallest absolute Gasteiger partial charge is 0.129 e. The van der Waals surface area contributed by atoms with E-state index in [1.54, 1.807) is 12.1 Å². The summed E-state index contributed by atoms with van der Waals surface area (Å²) in [6, 6.07) is 4.61. The van der Waals surface area contributed by atoms with Gasteiger partial charge in [0.15, 0.2) is 0 Å². The van der Waals surface area contributed by atoms with Crippen LogP contribution in [0, 0.1) is 5.82 Å². The van der Waals surface area contributed by atoms with Gasteiger partial charge in [0.2, 0.25) is 0 Å². The molecule has 1 atom stereocenters. The Labute approximate surface area is 120 Å². The van der Waals surface area contributed by atoms with Gasteiger partial charge in [-0.1, -0.05) is 24.6 Å². The van der Waals surface area contributed by atoms with Gasteiger partial charge in [-0.15, -0.1) is 0 Å². The van der Waals surface area contributed by atoms with E-state index in [9.17, 15) is 4.39 Å². The fraction of sp³-hybridized carbons (Fsp3) is 0.600. The van der Waals surface area contributed by atoms with Crippen molar-refractivity contribution < 1.29 is 9.13 Å². The lowest BCUT2D eigenvalue weighted by Gasteiger charge is -2.26. The molecule has 108 valence electrons. The summed E-state index contributed by atoms with van der Waals surface area (Å²) in [5, 5.41) is 3.72. The molecule has 0 saturated heterocycles. The number of nitrogens with one attached hydrogen (secondary N) is 1. The summed E-state index contributed by atoms with van der Waals surface area (Å²) in [7, 11) is 0. The highest BCUT2D eigenvalue weighted by molar-refractivity contribution is 6.30. The van der Waals surface area contributed by atoms with Crippen LogP contribution in [0.15, 0.2) is 18.2 Å². The Morgan fingerprint density at radius 2 is 2.05 bits per heavy atom. The third-order valence-electron chi connectivity index (χ3n) is 2.66. The van der Waals surface area contributed by atoms with Gasteiger partial charge < -0.3 is 10.1 Å². The summed E-state index contributed by atoms with van der Waals surface area (Å²) in [6.07, 6.45) is 0.987. The minimum absolute atomic E-state index is 0.156. The van der Waals surface area contributed by atoms with Crippen LogP contribution in [-0.2, 0) is 4.74 Å². The maximum absolute atomic E-state index is 14.0. The molecule has 4 heteroatoms. The van der Waals surface area contributed by atoms with Crippen LogP contribution in [0.3, 0.4) is 0 Å². The van der Waals surface area contributed by atoms with Crippen molar-refractivity contribution in [3.05, 3.63) is 34.6 Å². The van der Waals surface area contributed by atoms with Crippen molar-refractivity contribution >= 4 is 11.6 Å².